The highest BCUT2D eigenvalue weighted by Gasteiger charge is 2.06. The molecule has 2 rings (SSSR count). The van der Waals surface area contributed by atoms with Crippen molar-refractivity contribution in [1.82, 2.24) is 9.78 Å². The van der Waals surface area contributed by atoms with Gasteiger partial charge in [-0.1, -0.05) is 0 Å². The van der Waals surface area contributed by atoms with Crippen LogP contribution in [0.3, 0.4) is 0 Å². The van der Waals surface area contributed by atoms with Gasteiger partial charge in [-0.3, -0.25) is 4.79 Å². The standard InChI is InChI=1S/C12H11FN2O2/c1-2-15-12(17)6-5-10(14-15)8-3-4-9(13)11(16)7-8/h3-7,16H,2H2,1H3. The minimum Gasteiger partial charge on any atom is -0.505 e. The molecule has 0 atom stereocenters. The van der Waals surface area contributed by atoms with Gasteiger partial charge in [0.15, 0.2) is 11.6 Å². The number of hydrogen-bond acceptors (Lipinski definition) is 3. The van der Waals surface area contributed by atoms with E-state index in [4.69, 9.17) is 0 Å². The molecular weight excluding hydrogens is 223 g/mol. The molecule has 0 aliphatic rings. The maximum Gasteiger partial charge on any atom is 0.266 e. The van der Waals surface area contributed by atoms with Gasteiger partial charge in [0.2, 0.25) is 0 Å². The van der Waals surface area contributed by atoms with Crippen molar-refractivity contribution in [3.8, 4) is 17.0 Å². The molecule has 0 fully saturated rings. The number of phenolic OH excluding ortho intramolecular Hbond substituents is 1. The average molecular weight is 234 g/mol. The highest BCUT2D eigenvalue weighted by atomic mass is 19.1. The van der Waals surface area contributed by atoms with E-state index in [2.05, 4.69) is 5.10 Å². The van der Waals surface area contributed by atoms with Gasteiger partial charge >= 0.3 is 0 Å². The van der Waals surface area contributed by atoms with Crippen LogP contribution in [-0.2, 0) is 6.54 Å². The minimum atomic E-state index is -0.683. The predicted octanol–water partition coefficient (Wildman–Crippen LogP) is 1.77. The fraction of sp³-hybridized carbons (Fsp3) is 0.167. The fourth-order valence-electron chi connectivity index (χ4n) is 1.50. The number of aryl methyl sites for hydroxylation is 1. The Morgan fingerprint density at radius 1 is 1.35 bits per heavy atom. The molecule has 1 heterocycles. The molecule has 0 aliphatic carbocycles. The highest BCUT2D eigenvalue weighted by Crippen LogP contribution is 2.23. The van der Waals surface area contributed by atoms with Crippen LogP contribution in [0.15, 0.2) is 35.1 Å². The summed E-state index contributed by atoms with van der Waals surface area (Å²) in [7, 11) is 0. The van der Waals surface area contributed by atoms with E-state index in [1.807, 2.05) is 0 Å². The molecule has 88 valence electrons. The smallest absolute Gasteiger partial charge is 0.266 e. The first kappa shape index (κ1) is 11.3. The van der Waals surface area contributed by atoms with Gasteiger partial charge in [0.05, 0.1) is 5.69 Å². The average Bonchev–Trinajstić information content (AvgIpc) is 2.33. The van der Waals surface area contributed by atoms with Crippen LogP contribution in [0.25, 0.3) is 11.3 Å². The van der Waals surface area contributed by atoms with E-state index >= 15 is 0 Å². The first-order valence-electron chi connectivity index (χ1n) is 5.19. The monoisotopic (exact) mass is 234 g/mol. The van der Waals surface area contributed by atoms with Crippen LogP contribution < -0.4 is 5.56 Å². The molecule has 0 radical (unpaired) electrons. The number of halogens is 1. The van der Waals surface area contributed by atoms with E-state index in [9.17, 15) is 14.3 Å². The van der Waals surface area contributed by atoms with Crippen molar-refractivity contribution < 1.29 is 9.50 Å². The van der Waals surface area contributed by atoms with Crippen LogP contribution >= 0.6 is 0 Å². The summed E-state index contributed by atoms with van der Waals surface area (Å²) in [5.74, 6) is -1.11. The number of hydrogen-bond donors (Lipinski definition) is 1. The van der Waals surface area contributed by atoms with Crippen molar-refractivity contribution in [3.63, 3.8) is 0 Å². The van der Waals surface area contributed by atoms with Crippen molar-refractivity contribution in [2.45, 2.75) is 13.5 Å². The van der Waals surface area contributed by atoms with Crippen LogP contribution in [0.4, 0.5) is 4.39 Å². The van der Waals surface area contributed by atoms with E-state index in [-0.39, 0.29) is 5.56 Å². The summed E-state index contributed by atoms with van der Waals surface area (Å²) < 4.78 is 14.2. The maximum absolute atomic E-state index is 12.9. The van der Waals surface area contributed by atoms with Gasteiger partial charge < -0.3 is 5.11 Å². The molecule has 1 aromatic heterocycles. The molecular formula is C12H11FN2O2. The Morgan fingerprint density at radius 2 is 2.12 bits per heavy atom. The fourth-order valence-corrected chi connectivity index (χ4v) is 1.50. The Morgan fingerprint density at radius 3 is 2.76 bits per heavy atom. The van der Waals surface area contributed by atoms with Gasteiger partial charge in [-0.05, 0) is 31.2 Å². The quantitative estimate of drug-likeness (QED) is 0.861. The predicted molar refractivity (Wildman–Crippen MR) is 61.2 cm³/mol. The van der Waals surface area contributed by atoms with Crippen LogP contribution in [0.5, 0.6) is 5.75 Å². The van der Waals surface area contributed by atoms with Crippen molar-refractivity contribution in [1.29, 1.82) is 0 Å². The van der Waals surface area contributed by atoms with Gasteiger partial charge in [-0.15, -0.1) is 0 Å². The number of phenols is 1. The third kappa shape index (κ3) is 2.18. The SMILES string of the molecule is CCn1nc(-c2ccc(F)c(O)c2)ccc1=O. The zero-order valence-corrected chi connectivity index (χ0v) is 9.22. The Hall–Kier alpha value is -2.17. The summed E-state index contributed by atoms with van der Waals surface area (Å²) in [5, 5.41) is 13.4. The zero-order valence-electron chi connectivity index (χ0n) is 9.22. The number of rotatable bonds is 2. The molecule has 5 heteroatoms. The van der Waals surface area contributed by atoms with Gasteiger partial charge in [0.25, 0.3) is 5.56 Å². The van der Waals surface area contributed by atoms with Gasteiger partial charge in [0, 0.05) is 18.2 Å². The molecule has 2 aromatic rings. The Kier molecular flexibility index (Phi) is 2.91. The summed E-state index contributed by atoms with van der Waals surface area (Å²) in [4.78, 5) is 11.3. The van der Waals surface area contributed by atoms with E-state index in [1.165, 1.54) is 22.9 Å². The zero-order chi connectivity index (χ0) is 12.4. The summed E-state index contributed by atoms with van der Waals surface area (Å²) in [6, 6.07) is 6.88. The van der Waals surface area contributed by atoms with Gasteiger partial charge in [0.1, 0.15) is 0 Å². The Bertz CT molecular complexity index is 608. The first-order valence-corrected chi connectivity index (χ1v) is 5.19. The molecule has 17 heavy (non-hydrogen) atoms. The Balaban J connectivity index is 2.53. The van der Waals surface area contributed by atoms with Gasteiger partial charge in [-0.25, -0.2) is 9.07 Å². The first-order chi connectivity index (χ1) is 8.11. The molecule has 4 nitrogen and oxygen atoms in total. The molecule has 0 spiro atoms. The molecule has 0 unspecified atom stereocenters. The molecule has 0 aliphatic heterocycles. The number of aromatic hydroxyl groups is 1. The molecule has 0 bridgehead atoms. The van der Waals surface area contributed by atoms with Crippen LogP contribution in [-0.4, -0.2) is 14.9 Å². The summed E-state index contributed by atoms with van der Waals surface area (Å²) in [6.45, 7) is 2.26. The van der Waals surface area contributed by atoms with Crippen molar-refractivity contribution >= 4 is 0 Å². The number of aromatic nitrogens is 2. The summed E-state index contributed by atoms with van der Waals surface area (Å²) >= 11 is 0. The molecule has 1 N–H and O–H groups in total. The van der Waals surface area contributed by atoms with Crippen LogP contribution in [0.2, 0.25) is 0 Å². The lowest BCUT2D eigenvalue weighted by atomic mass is 10.1. The third-order valence-corrected chi connectivity index (χ3v) is 2.41. The van der Waals surface area contributed by atoms with E-state index < -0.39 is 11.6 Å². The second-order valence-corrected chi connectivity index (χ2v) is 3.54. The lowest BCUT2D eigenvalue weighted by molar-refractivity contribution is 0.432. The third-order valence-electron chi connectivity index (χ3n) is 2.41. The van der Waals surface area contributed by atoms with Crippen molar-refractivity contribution in [2.75, 3.05) is 0 Å². The maximum atomic E-state index is 12.9. The largest absolute Gasteiger partial charge is 0.505 e. The number of nitrogens with zero attached hydrogens (tertiary/aromatic N) is 2. The minimum absolute atomic E-state index is 0.192. The molecule has 0 saturated heterocycles. The van der Waals surface area contributed by atoms with E-state index in [1.54, 1.807) is 13.0 Å². The second-order valence-electron chi connectivity index (χ2n) is 3.54. The summed E-state index contributed by atoms with van der Waals surface area (Å²) in [6.07, 6.45) is 0. The van der Waals surface area contributed by atoms with Crippen molar-refractivity contribution in [2.24, 2.45) is 0 Å². The molecule has 0 amide bonds. The second kappa shape index (κ2) is 4.37. The normalized spacial score (nSPS) is 10.5. The highest BCUT2D eigenvalue weighted by molar-refractivity contribution is 5.60. The lowest BCUT2D eigenvalue weighted by Gasteiger charge is -2.05. The lowest BCUT2D eigenvalue weighted by Crippen LogP contribution is -2.20. The Labute approximate surface area is 97.0 Å². The molecule has 0 saturated carbocycles. The molecule has 1 aromatic carbocycles. The van der Waals surface area contributed by atoms with E-state index in [0.717, 1.165) is 6.07 Å². The van der Waals surface area contributed by atoms with Crippen LogP contribution in [0.1, 0.15) is 6.92 Å². The number of benzene rings is 1. The van der Waals surface area contributed by atoms with E-state index in [0.29, 0.717) is 17.8 Å². The van der Waals surface area contributed by atoms with Gasteiger partial charge in [-0.2, -0.15) is 5.10 Å². The van der Waals surface area contributed by atoms with Crippen molar-refractivity contribution in [3.05, 3.63) is 46.5 Å². The van der Waals surface area contributed by atoms with Crippen LogP contribution in [0, 0.1) is 5.82 Å². The summed E-state index contributed by atoms with van der Waals surface area (Å²) in [5.41, 5.74) is 0.885. The topological polar surface area (TPSA) is 55.1 Å².